The molecule has 1 N–H and O–H groups in total. The van der Waals surface area contributed by atoms with Crippen molar-refractivity contribution in [3.63, 3.8) is 0 Å². The standard InChI is InChI=1S/C19H23N5O2S/c1-15-5-7-16(8-6-15)13-20-19-21-18-10-9-17(14-24(18)22-19)27(25,26)23-11-3-2-4-12-23/h5-10,14H,2-4,11-13H2,1H3,(H,20,22). The maximum Gasteiger partial charge on any atom is 0.244 e. The quantitative estimate of drug-likeness (QED) is 0.731. The van der Waals surface area contributed by atoms with E-state index in [1.54, 1.807) is 22.6 Å². The van der Waals surface area contributed by atoms with E-state index in [2.05, 4.69) is 46.6 Å². The van der Waals surface area contributed by atoms with Gasteiger partial charge in [0.1, 0.15) is 4.90 Å². The second kappa shape index (κ2) is 7.28. The maximum atomic E-state index is 12.8. The minimum absolute atomic E-state index is 0.256. The summed E-state index contributed by atoms with van der Waals surface area (Å²) in [5, 5.41) is 7.56. The van der Waals surface area contributed by atoms with Crippen LogP contribution >= 0.6 is 0 Å². The Morgan fingerprint density at radius 2 is 1.78 bits per heavy atom. The Morgan fingerprint density at radius 3 is 2.52 bits per heavy atom. The van der Waals surface area contributed by atoms with E-state index >= 15 is 0 Å². The first-order valence-electron chi connectivity index (χ1n) is 9.18. The first-order valence-corrected chi connectivity index (χ1v) is 10.6. The highest BCUT2D eigenvalue weighted by Gasteiger charge is 2.26. The van der Waals surface area contributed by atoms with Crippen LogP contribution in [0, 0.1) is 6.92 Å². The summed E-state index contributed by atoms with van der Waals surface area (Å²) >= 11 is 0. The van der Waals surface area contributed by atoms with Crippen molar-refractivity contribution in [3.8, 4) is 0 Å². The topological polar surface area (TPSA) is 79.6 Å². The van der Waals surface area contributed by atoms with Gasteiger partial charge in [-0.1, -0.05) is 36.2 Å². The average molecular weight is 385 g/mol. The number of fused-ring (bicyclic) bond motifs is 1. The highest BCUT2D eigenvalue weighted by Crippen LogP contribution is 2.21. The molecule has 8 heteroatoms. The van der Waals surface area contributed by atoms with Crippen LogP contribution in [0.4, 0.5) is 5.95 Å². The fourth-order valence-electron chi connectivity index (χ4n) is 3.23. The van der Waals surface area contributed by atoms with Gasteiger partial charge in [0.25, 0.3) is 0 Å². The molecule has 0 unspecified atom stereocenters. The number of rotatable bonds is 5. The Hall–Kier alpha value is -2.45. The molecule has 0 saturated carbocycles. The molecule has 1 aliphatic heterocycles. The Balaban J connectivity index is 1.53. The van der Waals surface area contributed by atoms with E-state index in [9.17, 15) is 8.42 Å². The van der Waals surface area contributed by atoms with Crippen molar-refractivity contribution < 1.29 is 8.42 Å². The highest BCUT2D eigenvalue weighted by atomic mass is 32.2. The maximum absolute atomic E-state index is 12.8. The Bertz CT molecular complexity index is 1040. The van der Waals surface area contributed by atoms with Gasteiger partial charge in [0.2, 0.25) is 16.0 Å². The van der Waals surface area contributed by atoms with Gasteiger partial charge in [-0.2, -0.15) is 9.29 Å². The molecule has 142 valence electrons. The molecule has 27 heavy (non-hydrogen) atoms. The Morgan fingerprint density at radius 1 is 1.04 bits per heavy atom. The molecule has 1 aliphatic rings. The summed E-state index contributed by atoms with van der Waals surface area (Å²) < 4.78 is 28.7. The molecule has 0 spiro atoms. The van der Waals surface area contributed by atoms with Crippen LogP contribution in [0.3, 0.4) is 0 Å². The second-order valence-corrected chi connectivity index (χ2v) is 8.84. The van der Waals surface area contributed by atoms with E-state index in [0.717, 1.165) is 24.8 Å². The summed E-state index contributed by atoms with van der Waals surface area (Å²) in [6.45, 7) is 3.83. The van der Waals surface area contributed by atoms with Gasteiger partial charge in [0, 0.05) is 19.6 Å². The van der Waals surface area contributed by atoms with Crippen LogP contribution in [0.25, 0.3) is 5.65 Å². The molecule has 0 bridgehead atoms. The molecule has 0 aliphatic carbocycles. The smallest absolute Gasteiger partial charge is 0.244 e. The summed E-state index contributed by atoms with van der Waals surface area (Å²) in [4.78, 5) is 4.67. The van der Waals surface area contributed by atoms with Crippen LogP contribution in [0.1, 0.15) is 30.4 Å². The number of benzene rings is 1. The number of pyridine rings is 1. The van der Waals surface area contributed by atoms with Crippen LogP contribution in [-0.4, -0.2) is 40.4 Å². The number of nitrogens with zero attached hydrogens (tertiary/aromatic N) is 4. The molecule has 2 aromatic heterocycles. The molecule has 3 aromatic rings. The van der Waals surface area contributed by atoms with E-state index in [1.807, 2.05) is 0 Å². The van der Waals surface area contributed by atoms with Crippen molar-refractivity contribution in [2.75, 3.05) is 18.4 Å². The second-order valence-electron chi connectivity index (χ2n) is 6.91. The number of hydrogen-bond acceptors (Lipinski definition) is 5. The van der Waals surface area contributed by atoms with Gasteiger partial charge in [0.05, 0.1) is 6.20 Å². The SMILES string of the molecule is Cc1ccc(CNc2nc3ccc(S(=O)(=O)N4CCCCC4)cn3n2)cc1. The monoisotopic (exact) mass is 385 g/mol. The lowest BCUT2D eigenvalue weighted by Gasteiger charge is -2.25. The molecule has 0 atom stereocenters. The van der Waals surface area contributed by atoms with Crippen molar-refractivity contribution in [1.29, 1.82) is 0 Å². The number of piperidine rings is 1. The summed E-state index contributed by atoms with van der Waals surface area (Å²) in [6.07, 6.45) is 4.46. The number of aryl methyl sites for hydroxylation is 1. The summed E-state index contributed by atoms with van der Waals surface area (Å²) in [6, 6.07) is 11.5. The van der Waals surface area contributed by atoms with Gasteiger partial charge < -0.3 is 5.32 Å². The van der Waals surface area contributed by atoms with E-state index in [0.29, 0.717) is 31.2 Å². The summed E-state index contributed by atoms with van der Waals surface area (Å²) in [5.74, 6) is 0.475. The molecule has 3 heterocycles. The molecular weight excluding hydrogens is 362 g/mol. The third-order valence-corrected chi connectivity index (χ3v) is 6.71. The number of sulfonamides is 1. The number of aromatic nitrogens is 3. The predicted octanol–water partition coefficient (Wildman–Crippen LogP) is 2.82. The third-order valence-electron chi connectivity index (χ3n) is 4.83. The van der Waals surface area contributed by atoms with Crippen LogP contribution in [0.5, 0.6) is 0 Å². The molecule has 7 nitrogen and oxygen atoms in total. The van der Waals surface area contributed by atoms with Crippen molar-refractivity contribution in [1.82, 2.24) is 18.9 Å². The van der Waals surface area contributed by atoms with E-state index in [4.69, 9.17) is 0 Å². The van der Waals surface area contributed by atoms with E-state index in [1.165, 1.54) is 10.1 Å². The first kappa shape index (κ1) is 17.9. The lowest BCUT2D eigenvalue weighted by Crippen LogP contribution is -2.35. The normalized spacial score (nSPS) is 15.9. The van der Waals surface area contributed by atoms with Crippen molar-refractivity contribution in [2.24, 2.45) is 0 Å². The van der Waals surface area contributed by atoms with Gasteiger partial charge >= 0.3 is 0 Å². The highest BCUT2D eigenvalue weighted by molar-refractivity contribution is 7.89. The van der Waals surface area contributed by atoms with Gasteiger partial charge in [-0.25, -0.2) is 12.9 Å². The zero-order chi connectivity index (χ0) is 18.9. The summed E-state index contributed by atoms with van der Waals surface area (Å²) in [5.41, 5.74) is 2.96. The summed E-state index contributed by atoms with van der Waals surface area (Å²) in [7, 11) is -3.48. The first-order chi connectivity index (χ1) is 13.0. The van der Waals surface area contributed by atoms with Gasteiger partial charge in [-0.3, -0.25) is 0 Å². The lowest BCUT2D eigenvalue weighted by molar-refractivity contribution is 0.346. The van der Waals surface area contributed by atoms with Crippen molar-refractivity contribution in [2.45, 2.75) is 37.6 Å². The van der Waals surface area contributed by atoms with Crippen molar-refractivity contribution in [3.05, 3.63) is 53.7 Å². The molecule has 1 aromatic carbocycles. The molecular formula is C19H23N5O2S. The molecule has 1 saturated heterocycles. The number of nitrogens with one attached hydrogen (secondary N) is 1. The van der Waals surface area contributed by atoms with E-state index < -0.39 is 10.0 Å². The fourth-order valence-corrected chi connectivity index (χ4v) is 4.74. The van der Waals surface area contributed by atoms with Gasteiger partial charge in [-0.15, -0.1) is 5.10 Å². The van der Waals surface area contributed by atoms with Crippen molar-refractivity contribution >= 4 is 21.6 Å². The lowest BCUT2D eigenvalue weighted by atomic mass is 10.1. The largest absolute Gasteiger partial charge is 0.349 e. The number of hydrogen-bond donors (Lipinski definition) is 1. The molecule has 1 fully saturated rings. The van der Waals surface area contributed by atoms with Crippen LogP contribution < -0.4 is 5.32 Å². The predicted molar refractivity (Wildman–Crippen MR) is 104 cm³/mol. The zero-order valence-electron chi connectivity index (χ0n) is 15.3. The number of anilines is 1. The molecule has 0 radical (unpaired) electrons. The minimum Gasteiger partial charge on any atom is -0.349 e. The van der Waals surface area contributed by atoms with Gasteiger partial charge in [0.15, 0.2) is 5.65 Å². The Labute approximate surface area is 159 Å². The molecule has 0 amide bonds. The zero-order valence-corrected chi connectivity index (χ0v) is 16.1. The van der Waals surface area contributed by atoms with E-state index in [-0.39, 0.29) is 4.90 Å². The van der Waals surface area contributed by atoms with Crippen LogP contribution in [0.2, 0.25) is 0 Å². The Kier molecular flexibility index (Phi) is 4.84. The average Bonchev–Trinajstić information content (AvgIpc) is 3.10. The minimum atomic E-state index is -3.48. The van der Waals surface area contributed by atoms with Crippen LogP contribution in [-0.2, 0) is 16.6 Å². The fraction of sp³-hybridized carbons (Fsp3) is 0.368. The van der Waals surface area contributed by atoms with Gasteiger partial charge in [-0.05, 0) is 37.5 Å². The third kappa shape index (κ3) is 3.81. The van der Waals surface area contributed by atoms with Crippen LogP contribution in [0.15, 0.2) is 47.5 Å². The molecule has 4 rings (SSSR count).